The molecule has 0 spiro atoms. The summed E-state index contributed by atoms with van der Waals surface area (Å²) in [6, 6.07) is 17.3. The quantitative estimate of drug-likeness (QED) is 0.434. The van der Waals surface area contributed by atoms with Gasteiger partial charge in [-0.2, -0.15) is 5.26 Å². The van der Waals surface area contributed by atoms with Gasteiger partial charge in [-0.05, 0) is 92.9 Å². The Morgan fingerprint density at radius 3 is 2.24 bits per heavy atom. The van der Waals surface area contributed by atoms with Gasteiger partial charge in [-0.25, -0.2) is 0 Å². The number of nitrogens with zero attached hydrogens (tertiary/aromatic N) is 2. The summed E-state index contributed by atoms with van der Waals surface area (Å²) in [7, 11) is 0. The molecule has 3 rings (SSSR count). The van der Waals surface area contributed by atoms with Gasteiger partial charge in [-0.15, -0.1) is 0 Å². The van der Waals surface area contributed by atoms with Crippen LogP contribution in [-0.2, 0) is 4.79 Å². The highest BCUT2D eigenvalue weighted by Crippen LogP contribution is 2.24. The summed E-state index contributed by atoms with van der Waals surface area (Å²) < 4.78 is 2.07. The molecule has 1 amide bonds. The predicted molar refractivity (Wildman–Crippen MR) is 118 cm³/mol. The lowest BCUT2D eigenvalue weighted by Gasteiger charge is -2.10. The van der Waals surface area contributed by atoms with Crippen molar-refractivity contribution in [3.8, 4) is 11.8 Å². The van der Waals surface area contributed by atoms with Gasteiger partial charge in [-0.1, -0.05) is 17.7 Å². The summed E-state index contributed by atoms with van der Waals surface area (Å²) in [6.07, 6.45) is 1.63. The second-order valence-electron chi connectivity index (χ2n) is 7.14. The van der Waals surface area contributed by atoms with Crippen LogP contribution in [0.4, 0.5) is 5.69 Å². The van der Waals surface area contributed by atoms with Gasteiger partial charge >= 0.3 is 0 Å². The lowest BCUT2D eigenvalue weighted by molar-refractivity contribution is -0.112. The Hall–Kier alpha value is -3.29. The lowest BCUT2D eigenvalue weighted by Crippen LogP contribution is -2.13. The molecule has 2 aromatic carbocycles. The average molecular weight is 404 g/mol. The van der Waals surface area contributed by atoms with E-state index in [0.29, 0.717) is 10.7 Å². The second-order valence-corrected chi connectivity index (χ2v) is 7.58. The van der Waals surface area contributed by atoms with E-state index in [1.165, 1.54) is 0 Å². The number of carbonyl (C=O) groups is 1. The topological polar surface area (TPSA) is 57.8 Å². The van der Waals surface area contributed by atoms with Gasteiger partial charge < -0.3 is 9.88 Å². The molecule has 5 heteroatoms. The Morgan fingerprint density at radius 2 is 1.66 bits per heavy atom. The molecule has 146 valence electrons. The SMILES string of the molecule is Cc1cc(C)cc(NC(=O)/C(C#N)=C\c2cc(C)n(-c3ccc(Cl)cc3)c2C)c1. The number of rotatable bonds is 4. The summed E-state index contributed by atoms with van der Waals surface area (Å²) in [5.74, 6) is -0.422. The molecule has 0 saturated carbocycles. The van der Waals surface area contributed by atoms with Crippen molar-refractivity contribution in [1.29, 1.82) is 5.26 Å². The number of hydrogen-bond donors (Lipinski definition) is 1. The molecule has 1 aromatic heterocycles. The van der Waals surface area contributed by atoms with Crippen LogP contribution in [0.25, 0.3) is 11.8 Å². The van der Waals surface area contributed by atoms with Crippen molar-refractivity contribution in [2.45, 2.75) is 27.7 Å². The third-order valence-corrected chi connectivity index (χ3v) is 4.95. The van der Waals surface area contributed by atoms with Crippen LogP contribution < -0.4 is 5.32 Å². The first-order chi connectivity index (χ1) is 13.8. The van der Waals surface area contributed by atoms with Crippen molar-refractivity contribution in [3.63, 3.8) is 0 Å². The third-order valence-electron chi connectivity index (χ3n) is 4.70. The highest BCUT2D eigenvalue weighted by Gasteiger charge is 2.14. The number of nitriles is 1. The van der Waals surface area contributed by atoms with Crippen molar-refractivity contribution in [2.24, 2.45) is 0 Å². The van der Waals surface area contributed by atoms with Crippen LogP contribution in [0.3, 0.4) is 0 Å². The Morgan fingerprint density at radius 1 is 1.03 bits per heavy atom. The Kier molecular flexibility index (Phi) is 5.91. The van der Waals surface area contributed by atoms with Crippen LogP contribution in [0, 0.1) is 39.0 Å². The maximum Gasteiger partial charge on any atom is 0.266 e. The van der Waals surface area contributed by atoms with Gasteiger partial charge in [0.05, 0.1) is 0 Å². The first-order valence-electron chi connectivity index (χ1n) is 9.25. The molecule has 0 aliphatic carbocycles. The third kappa shape index (κ3) is 4.59. The van der Waals surface area contributed by atoms with Crippen LogP contribution >= 0.6 is 11.6 Å². The van der Waals surface area contributed by atoms with Crippen LogP contribution in [0.5, 0.6) is 0 Å². The van der Waals surface area contributed by atoms with Crippen LogP contribution in [0.2, 0.25) is 5.02 Å². The predicted octanol–water partition coefficient (Wildman–Crippen LogP) is 5.91. The van der Waals surface area contributed by atoms with Crippen molar-refractivity contribution in [3.05, 3.63) is 87.2 Å². The van der Waals surface area contributed by atoms with Crippen molar-refractivity contribution in [2.75, 3.05) is 5.32 Å². The molecule has 0 saturated heterocycles. The second kappa shape index (κ2) is 8.38. The summed E-state index contributed by atoms with van der Waals surface area (Å²) >= 11 is 5.99. The molecule has 0 radical (unpaired) electrons. The number of anilines is 1. The number of aromatic nitrogens is 1. The first-order valence-corrected chi connectivity index (χ1v) is 9.62. The number of aryl methyl sites for hydroxylation is 3. The molecule has 29 heavy (non-hydrogen) atoms. The molecular formula is C24H22ClN3O. The minimum absolute atomic E-state index is 0.0560. The van der Waals surface area contributed by atoms with Gasteiger partial charge in [0.15, 0.2) is 0 Å². The van der Waals surface area contributed by atoms with Crippen LogP contribution in [0.1, 0.15) is 28.1 Å². The minimum atomic E-state index is -0.422. The summed E-state index contributed by atoms with van der Waals surface area (Å²) in [6.45, 7) is 7.88. The van der Waals surface area contributed by atoms with Gasteiger partial charge in [0.1, 0.15) is 11.6 Å². The molecule has 0 aliphatic rings. The highest BCUT2D eigenvalue weighted by molar-refractivity contribution is 6.30. The molecule has 1 N–H and O–H groups in total. The number of hydrogen-bond acceptors (Lipinski definition) is 2. The largest absolute Gasteiger partial charge is 0.321 e. The van der Waals surface area contributed by atoms with E-state index in [1.807, 2.05) is 82.3 Å². The van der Waals surface area contributed by atoms with E-state index in [-0.39, 0.29) is 5.57 Å². The zero-order valence-electron chi connectivity index (χ0n) is 16.9. The zero-order chi connectivity index (χ0) is 21.1. The Labute approximate surface area is 176 Å². The monoisotopic (exact) mass is 403 g/mol. The van der Waals surface area contributed by atoms with Gasteiger partial charge in [0.2, 0.25) is 0 Å². The average Bonchev–Trinajstić information content (AvgIpc) is 2.93. The molecule has 0 aliphatic heterocycles. The zero-order valence-corrected chi connectivity index (χ0v) is 17.6. The van der Waals surface area contributed by atoms with Crippen molar-refractivity contribution >= 4 is 29.3 Å². The Bertz CT molecular complexity index is 1130. The van der Waals surface area contributed by atoms with E-state index >= 15 is 0 Å². The summed E-state index contributed by atoms with van der Waals surface area (Å²) in [4.78, 5) is 12.7. The van der Waals surface area contributed by atoms with Gasteiger partial charge in [0, 0.05) is 27.8 Å². The van der Waals surface area contributed by atoms with E-state index in [2.05, 4.69) is 9.88 Å². The van der Waals surface area contributed by atoms with Gasteiger partial charge in [-0.3, -0.25) is 4.79 Å². The highest BCUT2D eigenvalue weighted by atomic mass is 35.5. The maximum absolute atomic E-state index is 12.7. The van der Waals surface area contributed by atoms with E-state index in [9.17, 15) is 10.1 Å². The number of halogens is 1. The van der Waals surface area contributed by atoms with Gasteiger partial charge in [0.25, 0.3) is 5.91 Å². The normalized spacial score (nSPS) is 11.2. The Balaban J connectivity index is 1.93. The fraction of sp³-hybridized carbons (Fsp3) is 0.167. The molecule has 0 fully saturated rings. The van der Waals surface area contributed by atoms with E-state index in [0.717, 1.165) is 33.8 Å². The lowest BCUT2D eigenvalue weighted by atomic mass is 10.1. The summed E-state index contributed by atoms with van der Waals surface area (Å²) in [5.41, 5.74) is 6.58. The molecule has 0 unspecified atom stereocenters. The number of benzene rings is 2. The van der Waals surface area contributed by atoms with Crippen molar-refractivity contribution in [1.82, 2.24) is 4.57 Å². The standard InChI is InChI=1S/C24H22ClN3O/c1-15-9-16(2)11-22(10-15)27-24(29)20(14-26)13-19-12-17(3)28(18(19)4)23-7-5-21(25)6-8-23/h5-13H,1-4H3,(H,27,29)/b20-13-. The summed E-state index contributed by atoms with van der Waals surface area (Å²) in [5, 5.41) is 13.1. The van der Waals surface area contributed by atoms with Crippen molar-refractivity contribution < 1.29 is 4.79 Å². The van der Waals surface area contributed by atoms with E-state index in [1.54, 1.807) is 6.08 Å². The fourth-order valence-corrected chi connectivity index (χ4v) is 3.60. The molecule has 3 aromatic rings. The minimum Gasteiger partial charge on any atom is -0.321 e. The smallest absolute Gasteiger partial charge is 0.266 e. The van der Waals surface area contributed by atoms with Crippen LogP contribution in [0.15, 0.2) is 54.1 Å². The molecule has 1 heterocycles. The van der Waals surface area contributed by atoms with E-state index in [4.69, 9.17) is 11.6 Å². The fourth-order valence-electron chi connectivity index (χ4n) is 3.47. The molecule has 0 atom stereocenters. The molecular weight excluding hydrogens is 382 g/mol. The first kappa shape index (κ1) is 20.4. The number of carbonyl (C=O) groups excluding carboxylic acids is 1. The maximum atomic E-state index is 12.7. The number of amides is 1. The molecule has 4 nitrogen and oxygen atoms in total. The van der Waals surface area contributed by atoms with Crippen LogP contribution in [-0.4, -0.2) is 10.5 Å². The number of nitrogens with one attached hydrogen (secondary N) is 1. The van der Waals surface area contributed by atoms with E-state index < -0.39 is 5.91 Å². The molecule has 0 bridgehead atoms.